The van der Waals surface area contributed by atoms with E-state index in [0.29, 0.717) is 5.82 Å². The van der Waals surface area contributed by atoms with Crippen LogP contribution in [0, 0.1) is 0 Å². The van der Waals surface area contributed by atoms with Crippen LogP contribution in [0.2, 0.25) is 0 Å². The number of aryl methyl sites for hydroxylation is 1. The highest BCUT2D eigenvalue weighted by atomic mass is 15.3. The van der Waals surface area contributed by atoms with Gasteiger partial charge in [-0.05, 0) is 0 Å². The van der Waals surface area contributed by atoms with E-state index in [1.807, 2.05) is 13.8 Å². The third-order valence-electron chi connectivity index (χ3n) is 1.09. The summed E-state index contributed by atoms with van der Waals surface area (Å²) in [6.07, 6.45) is 1.27. The lowest BCUT2D eigenvalue weighted by Crippen LogP contribution is -2.00. The van der Waals surface area contributed by atoms with Crippen LogP contribution in [0.1, 0.15) is 29.7 Å². The van der Waals surface area contributed by atoms with Gasteiger partial charge in [0.15, 0.2) is 0 Å². The van der Waals surface area contributed by atoms with Gasteiger partial charge >= 0.3 is 0 Å². The molecule has 1 rings (SSSR count). The monoisotopic (exact) mass is 128 g/mol. The summed E-state index contributed by atoms with van der Waals surface area (Å²) in [7, 11) is 0. The molecule has 50 valence electrons. The van der Waals surface area contributed by atoms with Crippen LogP contribution < -0.4 is 0 Å². The van der Waals surface area contributed by atoms with Crippen molar-refractivity contribution in [2.45, 2.75) is 19.8 Å². The molecule has 1 aromatic heterocycles. The van der Waals surface area contributed by atoms with Gasteiger partial charge in [-0.3, -0.25) is 4.68 Å². The van der Waals surface area contributed by atoms with E-state index in [1.165, 1.54) is 6.33 Å². The second kappa shape index (κ2) is 2.17. The molecule has 3 heteroatoms. The van der Waals surface area contributed by atoms with Crippen LogP contribution in [0.5, 0.6) is 0 Å². The fourth-order valence-corrected chi connectivity index (χ4v) is 0.644. The normalized spacial score (nSPS) is 17.0. The quantitative estimate of drug-likeness (QED) is 0.563. The van der Waals surface area contributed by atoms with E-state index in [-0.39, 0.29) is 5.92 Å². The van der Waals surface area contributed by atoms with Crippen molar-refractivity contribution < 1.29 is 4.11 Å². The predicted octanol–water partition coefficient (Wildman–Crippen LogP) is 0.939. The molecule has 0 N–H and O–H groups in total. The Kier molecular flexibility index (Phi) is 0.806. The van der Waals surface area contributed by atoms with Gasteiger partial charge < -0.3 is 0 Å². The molecule has 0 unspecified atom stereocenters. The van der Waals surface area contributed by atoms with Gasteiger partial charge in [0.1, 0.15) is 12.2 Å². The van der Waals surface area contributed by atoms with E-state index < -0.39 is 6.98 Å². The van der Waals surface area contributed by atoms with E-state index in [4.69, 9.17) is 4.11 Å². The number of hydrogen-bond donors (Lipinski definition) is 0. The fourth-order valence-electron chi connectivity index (χ4n) is 0.644. The first-order chi connectivity index (χ1) is 5.43. The molecule has 0 aromatic carbocycles. The summed E-state index contributed by atoms with van der Waals surface area (Å²) in [4.78, 5) is 3.87. The lowest BCUT2D eigenvalue weighted by atomic mass is 10.2. The number of hydrogen-bond acceptors (Lipinski definition) is 2. The second-order valence-electron chi connectivity index (χ2n) is 2.18. The van der Waals surface area contributed by atoms with Crippen LogP contribution in [-0.4, -0.2) is 14.8 Å². The topological polar surface area (TPSA) is 30.7 Å². The number of rotatable bonds is 1. The van der Waals surface area contributed by atoms with Crippen LogP contribution in [0.4, 0.5) is 0 Å². The third kappa shape index (κ3) is 1.09. The Bertz CT molecular complexity index is 263. The van der Waals surface area contributed by atoms with Crippen molar-refractivity contribution >= 4 is 0 Å². The van der Waals surface area contributed by atoms with Crippen molar-refractivity contribution in [3.05, 3.63) is 12.2 Å². The minimum absolute atomic E-state index is 0.0768. The Morgan fingerprint density at radius 3 is 3.00 bits per heavy atom. The SMILES string of the molecule is [2H]C([2H])([2H])n1ncnc1C(C)C. The molecular formula is C6H11N3. The molecule has 1 aromatic rings. The van der Waals surface area contributed by atoms with Crippen LogP contribution in [0.25, 0.3) is 0 Å². The van der Waals surface area contributed by atoms with Crippen LogP contribution >= 0.6 is 0 Å². The highest BCUT2D eigenvalue weighted by Gasteiger charge is 2.02. The van der Waals surface area contributed by atoms with Crippen LogP contribution in [0.3, 0.4) is 0 Å². The average Bonchev–Trinajstić information content (AvgIpc) is 2.30. The summed E-state index contributed by atoms with van der Waals surface area (Å²) < 4.78 is 22.3. The molecular weight excluding hydrogens is 114 g/mol. The molecule has 1 heterocycles. The number of aromatic nitrogens is 3. The molecule has 0 fully saturated rings. The highest BCUT2D eigenvalue weighted by molar-refractivity contribution is 4.89. The zero-order chi connectivity index (χ0) is 9.35. The van der Waals surface area contributed by atoms with Gasteiger partial charge in [0.05, 0.1) is 0 Å². The smallest absolute Gasteiger partial charge is 0.138 e. The van der Waals surface area contributed by atoms with E-state index in [2.05, 4.69) is 10.1 Å². The summed E-state index contributed by atoms with van der Waals surface area (Å²) in [5.74, 6) is 0.572. The predicted molar refractivity (Wildman–Crippen MR) is 35.1 cm³/mol. The summed E-state index contributed by atoms with van der Waals surface area (Å²) in [6.45, 7) is 1.55. The molecule has 0 radical (unpaired) electrons. The Hall–Kier alpha value is -0.860. The van der Waals surface area contributed by atoms with Crippen molar-refractivity contribution in [3.63, 3.8) is 0 Å². The fraction of sp³-hybridized carbons (Fsp3) is 0.667. The summed E-state index contributed by atoms with van der Waals surface area (Å²) in [5.41, 5.74) is 0. The Balaban J connectivity index is 3.08. The van der Waals surface area contributed by atoms with Gasteiger partial charge in [-0.25, -0.2) is 4.98 Å². The average molecular weight is 128 g/mol. The maximum atomic E-state index is 7.12. The van der Waals surface area contributed by atoms with Crippen molar-refractivity contribution in [2.24, 2.45) is 6.98 Å². The first-order valence-electron chi connectivity index (χ1n) is 4.33. The zero-order valence-electron chi connectivity index (χ0n) is 8.50. The van der Waals surface area contributed by atoms with Gasteiger partial charge in [0, 0.05) is 17.0 Å². The third-order valence-corrected chi connectivity index (χ3v) is 1.09. The Morgan fingerprint density at radius 2 is 2.56 bits per heavy atom. The van der Waals surface area contributed by atoms with Crippen LogP contribution in [-0.2, 0) is 6.98 Å². The number of nitrogens with zero attached hydrogens (tertiary/aromatic N) is 3. The highest BCUT2D eigenvalue weighted by Crippen LogP contribution is 2.07. The molecule has 3 nitrogen and oxygen atoms in total. The van der Waals surface area contributed by atoms with Gasteiger partial charge in [-0.1, -0.05) is 13.8 Å². The van der Waals surface area contributed by atoms with E-state index in [1.54, 1.807) is 0 Å². The van der Waals surface area contributed by atoms with Gasteiger partial charge in [0.2, 0.25) is 0 Å². The maximum Gasteiger partial charge on any atom is 0.138 e. The van der Waals surface area contributed by atoms with E-state index in [0.717, 1.165) is 4.68 Å². The molecule has 0 spiro atoms. The maximum absolute atomic E-state index is 7.12. The van der Waals surface area contributed by atoms with Crippen LogP contribution in [0.15, 0.2) is 6.33 Å². The molecule has 0 aliphatic rings. The molecule has 9 heavy (non-hydrogen) atoms. The van der Waals surface area contributed by atoms with Crippen molar-refractivity contribution in [2.75, 3.05) is 0 Å². The zero-order valence-corrected chi connectivity index (χ0v) is 5.50. The molecule has 0 saturated carbocycles. The molecule has 0 atom stereocenters. The lowest BCUT2D eigenvalue weighted by molar-refractivity contribution is 0.655. The lowest BCUT2D eigenvalue weighted by Gasteiger charge is -2.00. The Morgan fingerprint density at radius 1 is 1.78 bits per heavy atom. The van der Waals surface area contributed by atoms with Gasteiger partial charge in [-0.15, -0.1) is 0 Å². The van der Waals surface area contributed by atoms with Crippen molar-refractivity contribution in [1.82, 2.24) is 14.8 Å². The van der Waals surface area contributed by atoms with Gasteiger partial charge in [-0.2, -0.15) is 5.10 Å². The molecule has 0 saturated heterocycles. The standard InChI is InChI=1S/C6H11N3/c1-5(2)6-7-4-8-9(6)3/h4-5H,1-3H3/i3D3. The molecule has 0 aliphatic carbocycles. The summed E-state index contributed by atoms with van der Waals surface area (Å²) in [5, 5.41) is 3.65. The summed E-state index contributed by atoms with van der Waals surface area (Å²) in [6, 6.07) is 0. The minimum atomic E-state index is -2.21. The first kappa shape index (κ1) is 3.34. The molecule has 0 bridgehead atoms. The summed E-state index contributed by atoms with van der Waals surface area (Å²) >= 11 is 0. The van der Waals surface area contributed by atoms with Gasteiger partial charge in [0.25, 0.3) is 0 Å². The first-order valence-corrected chi connectivity index (χ1v) is 2.83. The van der Waals surface area contributed by atoms with Crippen molar-refractivity contribution in [3.8, 4) is 0 Å². The molecule has 0 amide bonds. The molecule has 0 aliphatic heterocycles. The Labute approximate surface area is 58.9 Å². The largest absolute Gasteiger partial charge is 0.253 e. The second-order valence-corrected chi connectivity index (χ2v) is 2.18. The van der Waals surface area contributed by atoms with E-state index >= 15 is 0 Å². The van der Waals surface area contributed by atoms with Crippen molar-refractivity contribution in [1.29, 1.82) is 0 Å². The van der Waals surface area contributed by atoms with E-state index in [9.17, 15) is 0 Å². The minimum Gasteiger partial charge on any atom is -0.253 e.